The number of hydrogen-bond donors (Lipinski definition) is 3. The zero-order chi connectivity index (χ0) is 13.1. The zero-order valence-electron chi connectivity index (χ0n) is 9.89. The summed E-state index contributed by atoms with van der Waals surface area (Å²) in [6.07, 6.45) is 3.34. The van der Waals surface area contributed by atoms with E-state index in [0.29, 0.717) is 11.0 Å². The van der Waals surface area contributed by atoms with Crippen LogP contribution in [0, 0.1) is 6.92 Å². The molecule has 1 atom stereocenters. The first-order valence-electron chi connectivity index (χ1n) is 5.41. The maximum atomic E-state index is 5.89. The van der Waals surface area contributed by atoms with E-state index in [2.05, 4.69) is 15.4 Å². The number of nitrogens with zero attached hydrogens (tertiary/aromatic N) is 2. The second kappa shape index (κ2) is 5.30. The van der Waals surface area contributed by atoms with E-state index in [9.17, 15) is 0 Å². The van der Waals surface area contributed by atoms with E-state index in [4.69, 9.17) is 23.2 Å². The van der Waals surface area contributed by atoms with Crippen molar-refractivity contribution >= 4 is 17.4 Å². The van der Waals surface area contributed by atoms with E-state index in [0.717, 1.165) is 16.7 Å². The van der Waals surface area contributed by atoms with Gasteiger partial charge in [0, 0.05) is 18.0 Å². The highest BCUT2D eigenvalue weighted by Gasteiger charge is 2.16. The Morgan fingerprint density at radius 1 is 1.33 bits per heavy atom. The van der Waals surface area contributed by atoms with Gasteiger partial charge in [-0.25, -0.2) is 15.4 Å². The molecule has 2 heterocycles. The summed E-state index contributed by atoms with van der Waals surface area (Å²) in [7, 11) is 0. The molecule has 0 aliphatic rings. The van der Waals surface area contributed by atoms with Crippen molar-refractivity contribution in [3.63, 3.8) is 0 Å². The molecule has 0 amide bonds. The molecule has 0 fully saturated rings. The van der Waals surface area contributed by atoms with E-state index in [-0.39, 0.29) is 6.04 Å². The summed E-state index contributed by atoms with van der Waals surface area (Å²) >= 11 is 5.88. The number of aromatic nitrogens is 2. The van der Waals surface area contributed by atoms with Crippen molar-refractivity contribution in [2.75, 3.05) is 5.73 Å². The molecule has 0 saturated heterocycles. The zero-order valence-corrected chi connectivity index (χ0v) is 10.6. The second-order valence-corrected chi connectivity index (χ2v) is 4.39. The molecule has 2 aromatic heterocycles. The summed E-state index contributed by atoms with van der Waals surface area (Å²) in [5.41, 5.74) is 11.3. The Labute approximate surface area is 110 Å². The third kappa shape index (κ3) is 2.59. The molecular weight excluding hydrogens is 250 g/mol. The van der Waals surface area contributed by atoms with Crippen LogP contribution in [0.1, 0.15) is 22.7 Å². The van der Waals surface area contributed by atoms with Crippen LogP contribution >= 0.6 is 11.6 Å². The number of halogens is 1. The van der Waals surface area contributed by atoms with Gasteiger partial charge in [-0.3, -0.25) is 5.84 Å². The Hall–Kier alpha value is -1.69. The lowest BCUT2D eigenvalue weighted by Crippen LogP contribution is -2.29. The Morgan fingerprint density at radius 3 is 2.78 bits per heavy atom. The van der Waals surface area contributed by atoms with E-state index < -0.39 is 0 Å². The summed E-state index contributed by atoms with van der Waals surface area (Å²) in [6.45, 7) is 1.95. The van der Waals surface area contributed by atoms with Crippen LogP contribution in [0.15, 0.2) is 30.6 Å². The van der Waals surface area contributed by atoms with Crippen molar-refractivity contribution in [1.82, 2.24) is 15.4 Å². The van der Waals surface area contributed by atoms with Gasteiger partial charge in [0.25, 0.3) is 0 Å². The predicted octanol–water partition coefficient (Wildman–Crippen LogP) is 1.57. The molecule has 0 saturated carbocycles. The van der Waals surface area contributed by atoms with Gasteiger partial charge in [-0.1, -0.05) is 11.6 Å². The number of pyridine rings is 2. The van der Waals surface area contributed by atoms with Crippen molar-refractivity contribution < 1.29 is 0 Å². The minimum atomic E-state index is -0.266. The highest BCUT2D eigenvalue weighted by molar-refractivity contribution is 6.29. The smallest absolute Gasteiger partial charge is 0.129 e. The molecule has 1 unspecified atom stereocenters. The maximum Gasteiger partial charge on any atom is 0.129 e. The first-order chi connectivity index (χ1) is 8.61. The Bertz CT molecular complexity index is 558. The van der Waals surface area contributed by atoms with Crippen molar-refractivity contribution in [1.29, 1.82) is 0 Å². The average Bonchev–Trinajstić information content (AvgIpc) is 2.35. The van der Waals surface area contributed by atoms with E-state index in [1.807, 2.05) is 19.1 Å². The van der Waals surface area contributed by atoms with Crippen molar-refractivity contribution in [3.8, 4) is 0 Å². The number of aryl methyl sites for hydroxylation is 1. The van der Waals surface area contributed by atoms with E-state index in [1.165, 1.54) is 0 Å². The van der Waals surface area contributed by atoms with Gasteiger partial charge in [0.1, 0.15) is 11.0 Å². The summed E-state index contributed by atoms with van der Waals surface area (Å²) < 4.78 is 0. The fraction of sp³-hybridized carbons (Fsp3) is 0.167. The highest BCUT2D eigenvalue weighted by atomic mass is 35.5. The van der Waals surface area contributed by atoms with Gasteiger partial charge in [-0.2, -0.15) is 0 Å². The molecule has 0 aliphatic heterocycles. The number of nitrogens with one attached hydrogen (secondary N) is 1. The largest absolute Gasteiger partial charge is 0.383 e. The second-order valence-electron chi connectivity index (χ2n) is 4.00. The van der Waals surface area contributed by atoms with Crippen LogP contribution in [0.25, 0.3) is 0 Å². The van der Waals surface area contributed by atoms with Gasteiger partial charge in [0.2, 0.25) is 0 Å². The highest BCUT2D eigenvalue weighted by Crippen LogP contribution is 2.26. The van der Waals surface area contributed by atoms with E-state index >= 15 is 0 Å². The lowest BCUT2D eigenvalue weighted by atomic mass is 10.00. The van der Waals surface area contributed by atoms with Crippen molar-refractivity contribution in [2.24, 2.45) is 5.84 Å². The molecule has 0 bridgehead atoms. The number of hydrogen-bond acceptors (Lipinski definition) is 5. The van der Waals surface area contributed by atoms with E-state index in [1.54, 1.807) is 18.5 Å². The minimum Gasteiger partial charge on any atom is -0.383 e. The third-order valence-corrected chi connectivity index (χ3v) is 2.85. The number of rotatable bonds is 3. The van der Waals surface area contributed by atoms with Crippen molar-refractivity contribution in [3.05, 3.63) is 52.4 Å². The summed E-state index contributed by atoms with van der Waals surface area (Å²) in [4.78, 5) is 8.07. The number of nitrogen functional groups attached to an aromatic ring is 1. The summed E-state index contributed by atoms with van der Waals surface area (Å²) in [5, 5.41) is 0.409. The predicted molar refractivity (Wildman–Crippen MR) is 71.8 cm³/mol. The molecule has 5 N–H and O–H groups in total. The minimum absolute atomic E-state index is 0.266. The monoisotopic (exact) mass is 263 g/mol. The van der Waals surface area contributed by atoms with Crippen LogP contribution in [0.3, 0.4) is 0 Å². The lowest BCUT2D eigenvalue weighted by Gasteiger charge is -2.18. The molecule has 94 valence electrons. The molecule has 2 aromatic rings. The first kappa shape index (κ1) is 12.8. The van der Waals surface area contributed by atoms with Crippen LogP contribution in [0.5, 0.6) is 0 Å². The lowest BCUT2D eigenvalue weighted by molar-refractivity contribution is 0.635. The third-order valence-electron chi connectivity index (χ3n) is 2.65. The van der Waals surface area contributed by atoms with Gasteiger partial charge in [0.15, 0.2) is 0 Å². The molecular formula is C12H14ClN5. The Morgan fingerprint density at radius 2 is 2.11 bits per heavy atom. The first-order valence-corrected chi connectivity index (χ1v) is 5.79. The quantitative estimate of drug-likeness (QED) is 0.444. The SMILES string of the molecule is Cc1cnc(N)c(C(NN)c2ccnc(Cl)c2)c1. The van der Waals surface area contributed by atoms with Crippen LogP contribution in [0.2, 0.25) is 5.15 Å². The molecule has 0 aliphatic carbocycles. The van der Waals surface area contributed by atoms with Gasteiger partial charge < -0.3 is 5.73 Å². The van der Waals surface area contributed by atoms with Crippen LogP contribution < -0.4 is 17.0 Å². The molecule has 6 heteroatoms. The van der Waals surface area contributed by atoms with Gasteiger partial charge in [0.05, 0.1) is 6.04 Å². The molecule has 0 spiro atoms. The standard InChI is InChI=1S/C12H14ClN5/c1-7-4-9(12(14)17-6-7)11(18-15)8-2-3-16-10(13)5-8/h2-6,11,18H,15H2,1H3,(H2,14,17). The van der Waals surface area contributed by atoms with Crippen molar-refractivity contribution in [2.45, 2.75) is 13.0 Å². The topological polar surface area (TPSA) is 89.8 Å². The van der Waals surface area contributed by atoms with Gasteiger partial charge >= 0.3 is 0 Å². The van der Waals surface area contributed by atoms with Crippen LogP contribution in [-0.4, -0.2) is 9.97 Å². The normalized spacial score (nSPS) is 12.4. The number of hydrazine groups is 1. The maximum absolute atomic E-state index is 5.89. The van der Waals surface area contributed by atoms with Gasteiger partial charge in [-0.05, 0) is 36.2 Å². The number of anilines is 1. The fourth-order valence-corrected chi connectivity index (χ4v) is 1.98. The molecule has 2 rings (SSSR count). The van der Waals surface area contributed by atoms with Gasteiger partial charge in [-0.15, -0.1) is 0 Å². The molecule has 0 aromatic carbocycles. The average molecular weight is 264 g/mol. The summed E-state index contributed by atoms with van der Waals surface area (Å²) in [6, 6.07) is 5.26. The van der Waals surface area contributed by atoms with Crippen LogP contribution in [0.4, 0.5) is 5.82 Å². The number of nitrogens with two attached hydrogens (primary N) is 2. The Balaban J connectivity index is 2.48. The van der Waals surface area contributed by atoms with Crippen LogP contribution in [-0.2, 0) is 0 Å². The Kier molecular flexibility index (Phi) is 3.76. The molecule has 0 radical (unpaired) electrons. The molecule has 18 heavy (non-hydrogen) atoms. The fourth-order valence-electron chi connectivity index (χ4n) is 1.80. The molecule has 5 nitrogen and oxygen atoms in total. The summed E-state index contributed by atoms with van der Waals surface area (Å²) in [5.74, 6) is 6.05.